The van der Waals surface area contributed by atoms with Gasteiger partial charge in [-0.25, -0.2) is 0 Å². The average Bonchev–Trinajstić information content (AvgIpc) is 2.94. The molecule has 3 atom stereocenters. The highest BCUT2D eigenvalue weighted by atomic mass is 16.5. The van der Waals surface area contributed by atoms with Gasteiger partial charge in [-0.2, -0.15) is 0 Å². The molecule has 2 fully saturated rings. The van der Waals surface area contributed by atoms with E-state index in [0.29, 0.717) is 36.4 Å². The first-order valence-electron chi connectivity index (χ1n) is 13.2. The molecule has 2 aromatic carbocycles. The number of piperidine rings is 1. The van der Waals surface area contributed by atoms with E-state index in [-0.39, 0.29) is 18.0 Å². The Labute approximate surface area is 218 Å². The lowest BCUT2D eigenvalue weighted by Crippen LogP contribution is -2.68. The normalized spacial score (nSPS) is 22.2. The Balaban J connectivity index is 1.50. The van der Waals surface area contributed by atoms with Crippen LogP contribution in [-0.4, -0.2) is 73.3 Å². The highest BCUT2D eigenvalue weighted by Crippen LogP contribution is 2.48. The lowest BCUT2D eigenvalue weighted by atomic mass is 9.78. The first-order valence-corrected chi connectivity index (χ1v) is 13.2. The van der Waals surface area contributed by atoms with Crippen molar-refractivity contribution in [1.82, 2.24) is 9.80 Å². The Kier molecular flexibility index (Phi) is 6.84. The minimum atomic E-state index is -0.604. The minimum Gasteiger partial charge on any atom is -0.497 e. The number of fused-ring (bicyclic) bond motifs is 6. The molecular weight excluding hydrogens is 470 g/mol. The third kappa shape index (κ3) is 4.12. The number of piperazine rings is 1. The van der Waals surface area contributed by atoms with Crippen molar-refractivity contribution in [3.05, 3.63) is 53.1 Å². The van der Waals surface area contributed by atoms with Crippen LogP contribution in [0.5, 0.6) is 11.5 Å². The van der Waals surface area contributed by atoms with Crippen LogP contribution in [0.25, 0.3) is 0 Å². The van der Waals surface area contributed by atoms with E-state index in [0.717, 1.165) is 42.7 Å². The summed E-state index contributed by atoms with van der Waals surface area (Å²) >= 11 is 0. The van der Waals surface area contributed by atoms with E-state index in [9.17, 15) is 14.4 Å². The fourth-order valence-corrected chi connectivity index (χ4v) is 6.39. The first-order chi connectivity index (χ1) is 17.9. The number of benzene rings is 2. The molecule has 0 aliphatic carbocycles. The van der Waals surface area contributed by atoms with Gasteiger partial charge in [-0.3, -0.25) is 14.4 Å². The van der Waals surface area contributed by atoms with E-state index in [1.807, 2.05) is 29.2 Å². The van der Waals surface area contributed by atoms with E-state index in [2.05, 4.69) is 18.7 Å². The summed E-state index contributed by atoms with van der Waals surface area (Å²) in [6.45, 7) is 6.45. The van der Waals surface area contributed by atoms with E-state index in [1.165, 1.54) is 0 Å². The predicted molar refractivity (Wildman–Crippen MR) is 140 cm³/mol. The number of carbonyl (C=O) groups is 3. The van der Waals surface area contributed by atoms with Gasteiger partial charge in [0.25, 0.3) is 5.91 Å². The van der Waals surface area contributed by atoms with Crippen LogP contribution >= 0.6 is 0 Å². The number of ether oxygens (including phenoxy) is 2. The summed E-state index contributed by atoms with van der Waals surface area (Å²) in [5.74, 6) is 0.0953. The molecule has 3 aliphatic heterocycles. The van der Waals surface area contributed by atoms with Crippen LogP contribution in [0.3, 0.4) is 0 Å². The number of nitrogens with zero attached hydrogens (tertiary/aromatic N) is 3. The predicted octanol–water partition coefficient (Wildman–Crippen LogP) is 3.62. The summed E-state index contributed by atoms with van der Waals surface area (Å²) in [4.78, 5) is 46.6. The molecule has 0 aromatic heterocycles. The Morgan fingerprint density at radius 1 is 1.03 bits per heavy atom. The third-order valence-corrected chi connectivity index (χ3v) is 8.20. The third-order valence-electron chi connectivity index (χ3n) is 8.20. The molecule has 2 aromatic rings. The summed E-state index contributed by atoms with van der Waals surface area (Å²) in [5, 5.41) is 0. The zero-order chi connectivity index (χ0) is 26.3. The highest BCUT2D eigenvalue weighted by molar-refractivity contribution is 6.43. The number of Topliss-reactive ketones (excluding diaryl/α,β-unsaturated/α-hetero) is 1. The van der Waals surface area contributed by atoms with Crippen LogP contribution < -0.4 is 14.4 Å². The second-order valence-electron chi connectivity index (χ2n) is 9.90. The van der Waals surface area contributed by atoms with Gasteiger partial charge >= 0.3 is 0 Å². The van der Waals surface area contributed by atoms with Gasteiger partial charge in [0.2, 0.25) is 11.7 Å². The zero-order valence-corrected chi connectivity index (χ0v) is 22.0. The molecule has 0 N–H and O–H groups in total. The van der Waals surface area contributed by atoms with Crippen LogP contribution in [0.2, 0.25) is 0 Å². The van der Waals surface area contributed by atoms with Gasteiger partial charge in [-0.05, 0) is 75.4 Å². The number of carbonyl (C=O) groups excluding carboxylic acids is 3. The SMILES string of the molecule is CCN(CC)c1ccc(C(=O)C(=O)N2[C@@H]3CCC[C@H]2C(=O)N2CCc4cc(OC)cc(OC)c4C32)cc1. The number of amides is 2. The second kappa shape index (κ2) is 10.1. The van der Waals surface area contributed by atoms with Gasteiger partial charge in [-0.15, -0.1) is 0 Å². The summed E-state index contributed by atoms with van der Waals surface area (Å²) in [7, 11) is 3.23. The van der Waals surface area contributed by atoms with Crippen molar-refractivity contribution in [2.45, 2.75) is 57.7 Å². The zero-order valence-electron chi connectivity index (χ0n) is 22.0. The first kappa shape index (κ1) is 25.1. The van der Waals surface area contributed by atoms with Crippen LogP contribution in [0.4, 0.5) is 5.69 Å². The molecule has 37 heavy (non-hydrogen) atoms. The number of anilines is 1. The monoisotopic (exact) mass is 505 g/mol. The number of rotatable bonds is 7. The van der Waals surface area contributed by atoms with Gasteiger partial charge < -0.3 is 24.2 Å². The molecule has 0 saturated carbocycles. The molecule has 196 valence electrons. The fourth-order valence-electron chi connectivity index (χ4n) is 6.39. The van der Waals surface area contributed by atoms with E-state index < -0.39 is 17.7 Å². The molecule has 1 unspecified atom stereocenters. The Morgan fingerprint density at radius 3 is 2.41 bits per heavy atom. The maximum absolute atomic E-state index is 13.8. The van der Waals surface area contributed by atoms with Crippen molar-refractivity contribution in [2.24, 2.45) is 0 Å². The molecule has 3 heterocycles. The van der Waals surface area contributed by atoms with Gasteiger partial charge in [0.15, 0.2) is 0 Å². The lowest BCUT2D eigenvalue weighted by Gasteiger charge is -2.55. The largest absolute Gasteiger partial charge is 0.497 e. The maximum Gasteiger partial charge on any atom is 0.295 e. The summed E-state index contributed by atoms with van der Waals surface area (Å²) < 4.78 is 11.2. The van der Waals surface area contributed by atoms with Crippen molar-refractivity contribution in [3.8, 4) is 11.5 Å². The molecule has 0 spiro atoms. The topological polar surface area (TPSA) is 79.4 Å². The molecule has 2 amide bonds. The smallest absolute Gasteiger partial charge is 0.295 e. The second-order valence-corrected chi connectivity index (χ2v) is 9.90. The van der Waals surface area contributed by atoms with E-state index in [4.69, 9.17) is 9.47 Å². The summed E-state index contributed by atoms with van der Waals surface area (Å²) in [6, 6.07) is 9.77. The Bertz CT molecular complexity index is 1190. The molecule has 2 saturated heterocycles. The average molecular weight is 506 g/mol. The van der Waals surface area contributed by atoms with Crippen molar-refractivity contribution < 1.29 is 23.9 Å². The van der Waals surface area contributed by atoms with Crippen LogP contribution in [-0.2, 0) is 16.0 Å². The van der Waals surface area contributed by atoms with Crippen LogP contribution in [0.15, 0.2) is 36.4 Å². The van der Waals surface area contributed by atoms with Gasteiger partial charge in [0, 0.05) is 42.5 Å². The van der Waals surface area contributed by atoms with Crippen LogP contribution in [0, 0.1) is 0 Å². The van der Waals surface area contributed by atoms with Gasteiger partial charge in [-0.1, -0.05) is 0 Å². The molecule has 0 radical (unpaired) electrons. The molecular formula is C29H35N3O5. The number of hydrogen-bond donors (Lipinski definition) is 0. The van der Waals surface area contributed by atoms with E-state index >= 15 is 0 Å². The number of methoxy groups -OCH3 is 2. The summed E-state index contributed by atoms with van der Waals surface area (Å²) in [5.41, 5.74) is 3.33. The molecule has 3 aliphatic rings. The van der Waals surface area contributed by atoms with Crippen LogP contribution in [0.1, 0.15) is 60.6 Å². The Hall–Kier alpha value is -3.55. The van der Waals surface area contributed by atoms with Gasteiger partial charge in [0.05, 0.1) is 26.3 Å². The molecule has 8 nitrogen and oxygen atoms in total. The Morgan fingerprint density at radius 2 is 1.76 bits per heavy atom. The quantitative estimate of drug-likeness (QED) is 0.423. The fraction of sp³-hybridized carbons (Fsp3) is 0.483. The molecule has 2 bridgehead atoms. The standard InChI is InChI=1S/C29H35N3O5/c1-5-30(6-2)20-12-10-18(11-13-20)27(33)29(35)32-22-8-7-9-23(32)28(34)31-15-14-19-16-21(36-3)17-24(37-4)25(19)26(22)31/h10-13,16-17,22-23,26H,5-9,14-15H2,1-4H3/t22-,23+,26?/m1/s1. The van der Waals surface area contributed by atoms with Crippen molar-refractivity contribution in [1.29, 1.82) is 0 Å². The van der Waals surface area contributed by atoms with Crippen molar-refractivity contribution in [2.75, 3.05) is 38.8 Å². The highest BCUT2D eigenvalue weighted by Gasteiger charge is 2.54. The molecule has 8 heteroatoms. The maximum atomic E-state index is 13.8. The summed E-state index contributed by atoms with van der Waals surface area (Å²) in [6.07, 6.45) is 2.82. The van der Waals surface area contributed by atoms with E-state index in [1.54, 1.807) is 31.3 Å². The number of ketones is 1. The number of hydrogen-bond acceptors (Lipinski definition) is 6. The lowest BCUT2D eigenvalue weighted by molar-refractivity contribution is -0.164. The van der Waals surface area contributed by atoms with Crippen molar-refractivity contribution >= 4 is 23.3 Å². The molecule has 5 rings (SSSR count). The minimum absolute atomic E-state index is 0.0810. The van der Waals surface area contributed by atoms with Gasteiger partial charge in [0.1, 0.15) is 17.5 Å². The van der Waals surface area contributed by atoms with Crippen molar-refractivity contribution in [3.63, 3.8) is 0 Å².